The maximum Gasteiger partial charge on any atom is 0.145 e. The standard InChI is InChI=1S/C10H9ClFNO/c1-14-8-5-7(3-2-4-13)10(11)9(12)6-8/h5-6H,2-3H2,1H3. The number of hydrogen-bond acceptors (Lipinski definition) is 2. The molecule has 0 aliphatic rings. The third-order valence-corrected chi connectivity index (χ3v) is 2.24. The average Bonchev–Trinajstić information content (AvgIpc) is 2.20. The molecule has 4 heteroatoms. The molecule has 0 amide bonds. The molecule has 0 saturated carbocycles. The average molecular weight is 214 g/mol. The summed E-state index contributed by atoms with van der Waals surface area (Å²) in [4.78, 5) is 0. The van der Waals surface area contributed by atoms with Gasteiger partial charge in [-0.15, -0.1) is 0 Å². The lowest BCUT2D eigenvalue weighted by Crippen LogP contribution is -1.92. The summed E-state index contributed by atoms with van der Waals surface area (Å²) in [5, 5.41) is 8.47. The molecule has 0 radical (unpaired) electrons. The molecule has 0 aromatic heterocycles. The molecule has 1 rings (SSSR count). The molecular weight excluding hydrogens is 205 g/mol. The van der Waals surface area contributed by atoms with Crippen molar-refractivity contribution >= 4 is 11.6 Å². The number of aryl methyl sites for hydroxylation is 1. The Kier molecular flexibility index (Phi) is 3.73. The molecule has 74 valence electrons. The van der Waals surface area contributed by atoms with Gasteiger partial charge in [0.2, 0.25) is 0 Å². The molecule has 0 aliphatic carbocycles. The van der Waals surface area contributed by atoms with Crippen molar-refractivity contribution in [1.29, 1.82) is 5.26 Å². The fourth-order valence-corrected chi connectivity index (χ4v) is 1.31. The summed E-state index contributed by atoms with van der Waals surface area (Å²) in [6.45, 7) is 0. The van der Waals surface area contributed by atoms with Crippen LogP contribution in [0.2, 0.25) is 5.02 Å². The summed E-state index contributed by atoms with van der Waals surface area (Å²) >= 11 is 5.72. The van der Waals surface area contributed by atoms with E-state index in [2.05, 4.69) is 0 Å². The van der Waals surface area contributed by atoms with Gasteiger partial charge in [-0.1, -0.05) is 11.6 Å². The monoisotopic (exact) mass is 213 g/mol. The van der Waals surface area contributed by atoms with Gasteiger partial charge in [-0.3, -0.25) is 0 Å². The first-order valence-corrected chi connectivity index (χ1v) is 4.45. The predicted octanol–water partition coefficient (Wildman–Crippen LogP) is 2.94. The predicted molar refractivity (Wildman–Crippen MR) is 51.9 cm³/mol. The van der Waals surface area contributed by atoms with Gasteiger partial charge < -0.3 is 4.74 Å². The van der Waals surface area contributed by atoms with E-state index in [-0.39, 0.29) is 5.02 Å². The van der Waals surface area contributed by atoms with E-state index < -0.39 is 5.82 Å². The lowest BCUT2D eigenvalue weighted by atomic mass is 10.1. The molecular formula is C10H9ClFNO. The Balaban J connectivity index is 3.02. The summed E-state index contributed by atoms with van der Waals surface area (Å²) in [6, 6.07) is 4.84. The number of rotatable bonds is 3. The minimum atomic E-state index is -0.515. The number of benzene rings is 1. The highest BCUT2D eigenvalue weighted by Gasteiger charge is 2.08. The van der Waals surface area contributed by atoms with E-state index in [9.17, 15) is 4.39 Å². The third kappa shape index (κ3) is 2.36. The molecule has 1 aromatic carbocycles. The van der Waals surface area contributed by atoms with Crippen LogP contribution in [0.3, 0.4) is 0 Å². The minimum absolute atomic E-state index is 0.0704. The van der Waals surface area contributed by atoms with E-state index in [0.29, 0.717) is 24.2 Å². The fourth-order valence-electron chi connectivity index (χ4n) is 1.11. The molecule has 0 spiro atoms. The van der Waals surface area contributed by atoms with E-state index in [0.717, 1.165) is 0 Å². The first kappa shape index (κ1) is 10.8. The van der Waals surface area contributed by atoms with Crippen molar-refractivity contribution < 1.29 is 9.13 Å². The molecule has 2 nitrogen and oxygen atoms in total. The van der Waals surface area contributed by atoms with Gasteiger partial charge >= 0.3 is 0 Å². The molecule has 1 aromatic rings. The van der Waals surface area contributed by atoms with E-state index in [1.54, 1.807) is 6.07 Å². The second-order valence-electron chi connectivity index (χ2n) is 2.74. The number of nitrogens with zero attached hydrogens (tertiary/aromatic N) is 1. The van der Waals surface area contributed by atoms with Crippen molar-refractivity contribution in [2.45, 2.75) is 12.8 Å². The van der Waals surface area contributed by atoms with Crippen LogP contribution in [-0.4, -0.2) is 7.11 Å². The van der Waals surface area contributed by atoms with Crippen LogP contribution in [0.5, 0.6) is 5.75 Å². The van der Waals surface area contributed by atoms with Crippen LogP contribution in [0.25, 0.3) is 0 Å². The van der Waals surface area contributed by atoms with E-state index >= 15 is 0 Å². The summed E-state index contributed by atoms with van der Waals surface area (Å²) in [5.41, 5.74) is 0.602. The molecule has 0 bridgehead atoms. The Labute approximate surface area is 86.9 Å². The summed E-state index contributed by atoms with van der Waals surface area (Å²) in [7, 11) is 1.46. The van der Waals surface area contributed by atoms with E-state index in [1.165, 1.54) is 13.2 Å². The zero-order valence-corrected chi connectivity index (χ0v) is 8.44. The molecule has 0 aliphatic heterocycles. The maximum absolute atomic E-state index is 13.2. The van der Waals surface area contributed by atoms with Crippen LogP contribution in [0, 0.1) is 17.1 Å². The van der Waals surface area contributed by atoms with Gasteiger partial charge in [0.25, 0.3) is 0 Å². The van der Waals surface area contributed by atoms with Crippen molar-refractivity contribution in [3.05, 3.63) is 28.5 Å². The van der Waals surface area contributed by atoms with Crippen molar-refractivity contribution in [1.82, 2.24) is 0 Å². The smallest absolute Gasteiger partial charge is 0.145 e. The largest absolute Gasteiger partial charge is 0.497 e. The quantitative estimate of drug-likeness (QED) is 0.774. The van der Waals surface area contributed by atoms with Gasteiger partial charge in [0.1, 0.15) is 11.6 Å². The SMILES string of the molecule is COc1cc(F)c(Cl)c(CCC#N)c1. The second-order valence-corrected chi connectivity index (χ2v) is 3.12. The number of methoxy groups -OCH3 is 1. The van der Waals surface area contributed by atoms with Crippen LogP contribution in [0.1, 0.15) is 12.0 Å². The van der Waals surface area contributed by atoms with Gasteiger partial charge in [0.05, 0.1) is 18.2 Å². The molecule has 0 saturated heterocycles. The Bertz CT molecular complexity index is 373. The third-order valence-electron chi connectivity index (χ3n) is 1.82. The second kappa shape index (κ2) is 4.83. The number of hydrogen-bond donors (Lipinski definition) is 0. The lowest BCUT2D eigenvalue weighted by Gasteiger charge is -2.06. The van der Waals surface area contributed by atoms with Gasteiger partial charge in [0.15, 0.2) is 0 Å². The van der Waals surface area contributed by atoms with Crippen LogP contribution in [0.4, 0.5) is 4.39 Å². The van der Waals surface area contributed by atoms with Crippen LogP contribution in [-0.2, 0) is 6.42 Å². The van der Waals surface area contributed by atoms with Crippen molar-refractivity contribution in [2.75, 3.05) is 7.11 Å². The zero-order valence-electron chi connectivity index (χ0n) is 7.68. The zero-order chi connectivity index (χ0) is 10.6. The Morgan fingerprint density at radius 1 is 1.57 bits per heavy atom. The van der Waals surface area contributed by atoms with Crippen molar-refractivity contribution in [3.8, 4) is 11.8 Å². The normalized spacial score (nSPS) is 9.57. The van der Waals surface area contributed by atoms with Gasteiger partial charge in [0, 0.05) is 12.5 Å². The highest BCUT2D eigenvalue weighted by Crippen LogP contribution is 2.26. The molecule has 0 N–H and O–H groups in total. The number of nitriles is 1. The van der Waals surface area contributed by atoms with Crippen molar-refractivity contribution in [3.63, 3.8) is 0 Å². The Hall–Kier alpha value is -1.27. The summed E-state index contributed by atoms with van der Waals surface area (Å²) in [6.07, 6.45) is 0.746. The van der Waals surface area contributed by atoms with Gasteiger partial charge in [-0.25, -0.2) is 4.39 Å². The first-order valence-electron chi connectivity index (χ1n) is 4.08. The Morgan fingerprint density at radius 2 is 2.29 bits per heavy atom. The molecule has 0 heterocycles. The molecule has 14 heavy (non-hydrogen) atoms. The molecule has 0 fully saturated rings. The topological polar surface area (TPSA) is 33.0 Å². The van der Waals surface area contributed by atoms with Crippen molar-refractivity contribution in [2.24, 2.45) is 0 Å². The summed E-state index contributed by atoms with van der Waals surface area (Å²) in [5.74, 6) is -0.0983. The van der Waals surface area contributed by atoms with Gasteiger partial charge in [-0.05, 0) is 18.1 Å². The lowest BCUT2D eigenvalue weighted by molar-refractivity contribution is 0.410. The fraction of sp³-hybridized carbons (Fsp3) is 0.300. The number of ether oxygens (including phenoxy) is 1. The first-order chi connectivity index (χ1) is 6.69. The van der Waals surface area contributed by atoms with Crippen LogP contribution >= 0.6 is 11.6 Å². The highest BCUT2D eigenvalue weighted by molar-refractivity contribution is 6.31. The minimum Gasteiger partial charge on any atom is -0.497 e. The van der Waals surface area contributed by atoms with Crippen LogP contribution < -0.4 is 4.74 Å². The summed E-state index contributed by atoms with van der Waals surface area (Å²) < 4.78 is 18.0. The molecule has 0 unspecified atom stereocenters. The highest BCUT2D eigenvalue weighted by atomic mass is 35.5. The Morgan fingerprint density at radius 3 is 2.86 bits per heavy atom. The maximum atomic E-state index is 13.2. The number of halogens is 2. The van der Waals surface area contributed by atoms with Gasteiger partial charge in [-0.2, -0.15) is 5.26 Å². The van der Waals surface area contributed by atoms with E-state index in [1.807, 2.05) is 6.07 Å². The van der Waals surface area contributed by atoms with E-state index in [4.69, 9.17) is 21.6 Å². The molecule has 0 atom stereocenters. The van der Waals surface area contributed by atoms with Crippen LogP contribution in [0.15, 0.2) is 12.1 Å².